The van der Waals surface area contributed by atoms with Crippen LogP contribution in [-0.4, -0.2) is 58.1 Å². The Balaban J connectivity index is 1.78. The van der Waals surface area contributed by atoms with Crippen LogP contribution in [0.5, 0.6) is 0 Å². The van der Waals surface area contributed by atoms with Crippen LogP contribution in [0.2, 0.25) is 0 Å². The van der Waals surface area contributed by atoms with Crippen molar-refractivity contribution in [3.8, 4) is 0 Å². The van der Waals surface area contributed by atoms with Crippen LogP contribution in [0.1, 0.15) is 50.0 Å². The molecule has 5 nitrogen and oxygen atoms in total. The van der Waals surface area contributed by atoms with Gasteiger partial charge in [-0.25, -0.2) is 9.97 Å². The van der Waals surface area contributed by atoms with Crippen molar-refractivity contribution < 1.29 is 0 Å². The minimum atomic E-state index is 0.442. The molecule has 0 radical (unpaired) electrons. The van der Waals surface area contributed by atoms with Gasteiger partial charge in [-0.1, -0.05) is 6.42 Å². The number of likely N-dealkylation sites (tertiary alicyclic amines) is 2. The molecule has 0 aromatic carbocycles. The maximum atomic E-state index is 5.03. The number of rotatable bonds is 2. The zero-order chi connectivity index (χ0) is 15.8. The first-order valence-corrected chi connectivity index (χ1v) is 8.95. The van der Waals surface area contributed by atoms with E-state index in [1.807, 2.05) is 12.3 Å². The fourth-order valence-corrected chi connectivity index (χ4v) is 4.20. The predicted octanol–water partition coefficient (Wildman–Crippen LogP) is 2.85. The van der Waals surface area contributed by atoms with E-state index in [4.69, 9.17) is 4.98 Å². The lowest BCUT2D eigenvalue weighted by molar-refractivity contribution is 0.165. The number of piperidine rings is 2. The normalized spacial score (nSPS) is 25.2. The Morgan fingerprint density at radius 2 is 1.87 bits per heavy atom. The standard InChI is InChI=1S/C18H27N5/c1-21-12-8-14(9-13-21)23-17-15(6-5-10-19-17)20-18(23)16-7-3-4-11-22(16)2/h5-6,10,14,16H,3-4,7-9,11-13H2,1-2H3. The van der Waals surface area contributed by atoms with E-state index in [0.717, 1.165) is 24.3 Å². The molecule has 2 aromatic rings. The van der Waals surface area contributed by atoms with Gasteiger partial charge in [0.05, 0.1) is 6.04 Å². The van der Waals surface area contributed by atoms with E-state index in [1.165, 1.54) is 44.5 Å². The van der Waals surface area contributed by atoms with Gasteiger partial charge in [0.2, 0.25) is 0 Å². The minimum Gasteiger partial charge on any atom is -0.308 e. The summed E-state index contributed by atoms with van der Waals surface area (Å²) in [4.78, 5) is 14.6. The molecule has 4 heterocycles. The highest BCUT2D eigenvalue weighted by Gasteiger charge is 2.30. The Labute approximate surface area is 138 Å². The smallest absolute Gasteiger partial charge is 0.160 e. The molecule has 0 aliphatic carbocycles. The van der Waals surface area contributed by atoms with Crippen LogP contribution in [0.4, 0.5) is 0 Å². The second-order valence-corrected chi connectivity index (χ2v) is 7.21. The summed E-state index contributed by atoms with van der Waals surface area (Å²) in [6.45, 7) is 3.50. The highest BCUT2D eigenvalue weighted by Crippen LogP contribution is 2.35. The van der Waals surface area contributed by atoms with Crippen LogP contribution in [0.15, 0.2) is 18.3 Å². The topological polar surface area (TPSA) is 37.2 Å². The molecule has 2 saturated heterocycles. The summed E-state index contributed by atoms with van der Waals surface area (Å²) in [6.07, 6.45) is 8.12. The molecule has 5 heteroatoms. The Hall–Kier alpha value is -1.46. The van der Waals surface area contributed by atoms with E-state index in [9.17, 15) is 0 Å². The molecule has 23 heavy (non-hydrogen) atoms. The number of pyridine rings is 1. The average molecular weight is 313 g/mol. The summed E-state index contributed by atoms with van der Waals surface area (Å²) in [5.41, 5.74) is 2.14. The number of nitrogens with zero attached hydrogens (tertiary/aromatic N) is 5. The largest absolute Gasteiger partial charge is 0.308 e. The molecule has 0 N–H and O–H groups in total. The first kappa shape index (κ1) is 15.1. The average Bonchev–Trinajstić information content (AvgIpc) is 2.95. The Bertz CT molecular complexity index is 671. The van der Waals surface area contributed by atoms with Gasteiger partial charge in [-0.3, -0.25) is 4.90 Å². The molecule has 2 fully saturated rings. The van der Waals surface area contributed by atoms with Gasteiger partial charge in [-0.2, -0.15) is 0 Å². The lowest BCUT2D eigenvalue weighted by Gasteiger charge is -2.35. The molecule has 2 aliphatic rings. The highest BCUT2D eigenvalue weighted by atomic mass is 15.2. The second-order valence-electron chi connectivity index (χ2n) is 7.21. The maximum Gasteiger partial charge on any atom is 0.160 e. The van der Waals surface area contributed by atoms with Crippen LogP contribution >= 0.6 is 0 Å². The van der Waals surface area contributed by atoms with Crippen molar-refractivity contribution in [2.75, 3.05) is 33.7 Å². The van der Waals surface area contributed by atoms with Gasteiger partial charge in [0, 0.05) is 12.2 Å². The van der Waals surface area contributed by atoms with E-state index in [1.54, 1.807) is 0 Å². The van der Waals surface area contributed by atoms with E-state index in [2.05, 4.69) is 39.5 Å². The molecule has 2 aromatic heterocycles. The summed E-state index contributed by atoms with van der Waals surface area (Å²) in [6, 6.07) is 5.09. The van der Waals surface area contributed by atoms with E-state index < -0.39 is 0 Å². The first-order chi connectivity index (χ1) is 11.2. The van der Waals surface area contributed by atoms with Crippen molar-refractivity contribution in [2.45, 2.75) is 44.2 Å². The van der Waals surface area contributed by atoms with Crippen molar-refractivity contribution in [3.05, 3.63) is 24.2 Å². The SMILES string of the molecule is CN1CCC(n2c(C3CCCCN3C)nc3cccnc32)CC1. The Kier molecular flexibility index (Phi) is 4.07. The number of hydrogen-bond acceptors (Lipinski definition) is 4. The molecule has 124 valence electrons. The van der Waals surface area contributed by atoms with Crippen LogP contribution in [-0.2, 0) is 0 Å². The van der Waals surface area contributed by atoms with Crippen molar-refractivity contribution in [1.82, 2.24) is 24.3 Å². The Morgan fingerprint density at radius 1 is 1.04 bits per heavy atom. The van der Waals surface area contributed by atoms with Crippen LogP contribution in [0, 0.1) is 0 Å². The summed E-state index contributed by atoms with van der Waals surface area (Å²) in [7, 11) is 4.46. The molecule has 2 aliphatic heterocycles. The summed E-state index contributed by atoms with van der Waals surface area (Å²) in [5, 5.41) is 0. The second kappa shape index (κ2) is 6.21. The van der Waals surface area contributed by atoms with E-state index in [-0.39, 0.29) is 0 Å². The van der Waals surface area contributed by atoms with E-state index in [0.29, 0.717) is 12.1 Å². The van der Waals surface area contributed by atoms with Crippen LogP contribution < -0.4 is 0 Å². The molecular formula is C18H27N5. The van der Waals surface area contributed by atoms with Gasteiger partial charge in [0.1, 0.15) is 11.3 Å². The van der Waals surface area contributed by atoms with E-state index >= 15 is 0 Å². The van der Waals surface area contributed by atoms with Gasteiger partial charge in [0.25, 0.3) is 0 Å². The zero-order valence-corrected chi connectivity index (χ0v) is 14.3. The lowest BCUT2D eigenvalue weighted by Crippen LogP contribution is -2.35. The monoisotopic (exact) mass is 313 g/mol. The molecule has 1 atom stereocenters. The van der Waals surface area contributed by atoms with Gasteiger partial charge < -0.3 is 9.47 Å². The van der Waals surface area contributed by atoms with Gasteiger partial charge in [0.15, 0.2) is 5.65 Å². The zero-order valence-electron chi connectivity index (χ0n) is 14.3. The third kappa shape index (κ3) is 2.76. The molecular weight excluding hydrogens is 286 g/mol. The van der Waals surface area contributed by atoms with Crippen LogP contribution in [0.3, 0.4) is 0 Å². The van der Waals surface area contributed by atoms with Crippen molar-refractivity contribution in [1.29, 1.82) is 0 Å². The van der Waals surface area contributed by atoms with Gasteiger partial charge in [-0.05, 0) is 71.5 Å². The third-order valence-electron chi connectivity index (χ3n) is 5.60. The molecule has 0 amide bonds. The quantitative estimate of drug-likeness (QED) is 0.854. The van der Waals surface area contributed by atoms with Gasteiger partial charge >= 0.3 is 0 Å². The molecule has 0 bridgehead atoms. The highest BCUT2D eigenvalue weighted by molar-refractivity contribution is 5.71. The predicted molar refractivity (Wildman–Crippen MR) is 92.5 cm³/mol. The first-order valence-electron chi connectivity index (χ1n) is 8.95. The number of fused-ring (bicyclic) bond motifs is 1. The minimum absolute atomic E-state index is 0.442. The third-order valence-corrected chi connectivity index (χ3v) is 5.60. The van der Waals surface area contributed by atoms with Gasteiger partial charge in [-0.15, -0.1) is 0 Å². The fourth-order valence-electron chi connectivity index (χ4n) is 4.20. The molecule has 4 rings (SSSR count). The molecule has 0 spiro atoms. The molecule has 1 unspecified atom stereocenters. The van der Waals surface area contributed by atoms with Crippen LogP contribution in [0.25, 0.3) is 11.2 Å². The van der Waals surface area contributed by atoms with Crippen molar-refractivity contribution in [2.24, 2.45) is 0 Å². The maximum absolute atomic E-state index is 5.03. The fraction of sp³-hybridized carbons (Fsp3) is 0.667. The number of hydrogen-bond donors (Lipinski definition) is 0. The summed E-state index contributed by atoms with van der Waals surface area (Å²) >= 11 is 0. The number of imidazole rings is 1. The lowest BCUT2D eigenvalue weighted by atomic mass is 10.0. The summed E-state index contributed by atoms with van der Waals surface area (Å²) < 4.78 is 2.48. The summed E-state index contributed by atoms with van der Waals surface area (Å²) in [5.74, 6) is 1.25. The van der Waals surface area contributed by atoms with Crippen molar-refractivity contribution in [3.63, 3.8) is 0 Å². The van der Waals surface area contributed by atoms with Crippen molar-refractivity contribution >= 4 is 11.2 Å². The Morgan fingerprint density at radius 3 is 2.65 bits per heavy atom. The molecule has 0 saturated carbocycles. The number of aromatic nitrogens is 3.